The monoisotopic (exact) mass is 406 g/mol. The van der Waals surface area contributed by atoms with Crippen molar-refractivity contribution < 1.29 is 8.42 Å². The van der Waals surface area contributed by atoms with Crippen molar-refractivity contribution in [2.75, 3.05) is 22.7 Å². The van der Waals surface area contributed by atoms with Crippen molar-refractivity contribution in [2.45, 2.75) is 18.7 Å². The van der Waals surface area contributed by atoms with Crippen molar-refractivity contribution in [1.29, 1.82) is 0 Å². The number of halogens is 3. The molecule has 0 fully saturated rings. The minimum atomic E-state index is -3.87. The van der Waals surface area contributed by atoms with E-state index in [-0.39, 0.29) is 20.0 Å². The molecule has 0 saturated heterocycles. The van der Waals surface area contributed by atoms with Gasteiger partial charge < -0.3 is 4.90 Å². The van der Waals surface area contributed by atoms with Gasteiger partial charge in [0.2, 0.25) is 0 Å². The van der Waals surface area contributed by atoms with E-state index >= 15 is 0 Å². The molecular weight excluding hydrogens is 391 g/mol. The molecule has 4 nitrogen and oxygen atoms in total. The van der Waals surface area contributed by atoms with Gasteiger partial charge in [-0.15, -0.1) is 0 Å². The molecule has 0 aliphatic carbocycles. The van der Waals surface area contributed by atoms with E-state index in [0.29, 0.717) is 5.69 Å². The average molecular weight is 408 g/mol. The Labute approximate surface area is 157 Å². The maximum Gasteiger partial charge on any atom is 0.263 e. The summed E-state index contributed by atoms with van der Waals surface area (Å²) in [6.45, 7) is 5.87. The molecular formula is C16H17Cl3N2O2S. The maximum atomic E-state index is 12.5. The van der Waals surface area contributed by atoms with Crippen LogP contribution in [0.3, 0.4) is 0 Å². The van der Waals surface area contributed by atoms with Crippen molar-refractivity contribution in [2.24, 2.45) is 0 Å². The van der Waals surface area contributed by atoms with Crippen LogP contribution in [0.1, 0.15) is 13.8 Å². The molecule has 0 aliphatic heterocycles. The summed E-state index contributed by atoms with van der Waals surface area (Å²) in [5.74, 6) is 0. The fourth-order valence-electron chi connectivity index (χ4n) is 2.25. The molecule has 1 N–H and O–H groups in total. The molecule has 8 heteroatoms. The van der Waals surface area contributed by atoms with Gasteiger partial charge in [0.15, 0.2) is 0 Å². The second kappa shape index (κ2) is 7.83. The maximum absolute atomic E-state index is 12.5. The highest BCUT2D eigenvalue weighted by atomic mass is 35.5. The molecule has 0 atom stereocenters. The van der Waals surface area contributed by atoms with E-state index in [1.54, 1.807) is 12.1 Å². The standard InChI is InChI=1S/C16H17Cl3N2O2S/c1-3-21(4-2)12-7-5-11(6-8-12)20-24(22,23)16-10-14(18)13(17)9-15(16)19/h5-10,20H,3-4H2,1-2H3. The SMILES string of the molecule is CCN(CC)c1ccc(NS(=O)(=O)c2cc(Cl)c(Cl)cc2Cl)cc1. The molecule has 2 aromatic carbocycles. The second-order valence-corrected chi connectivity index (χ2v) is 7.89. The molecule has 0 radical (unpaired) electrons. The zero-order chi connectivity index (χ0) is 17.9. The summed E-state index contributed by atoms with van der Waals surface area (Å²) in [7, 11) is -3.87. The highest BCUT2D eigenvalue weighted by Crippen LogP contribution is 2.32. The van der Waals surface area contributed by atoms with Gasteiger partial charge in [-0.1, -0.05) is 34.8 Å². The number of anilines is 2. The van der Waals surface area contributed by atoms with Gasteiger partial charge >= 0.3 is 0 Å². The van der Waals surface area contributed by atoms with Crippen LogP contribution < -0.4 is 9.62 Å². The van der Waals surface area contributed by atoms with Crippen LogP contribution in [0.15, 0.2) is 41.3 Å². The third-order valence-corrected chi connectivity index (χ3v) is 6.08. The van der Waals surface area contributed by atoms with Crippen LogP contribution in [0, 0.1) is 0 Å². The third kappa shape index (κ3) is 4.28. The minimum Gasteiger partial charge on any atom is -0.372 e. The molecule has 0 saturated carbocycles. The van der Waals surface area contributed by atoms with Crippen molar-refractivity contribution >= 4 is 56.2 Å². The van der Waals surface area contributed by atoms with Crippen molar-refractivity contribution in [3.8, 4) is 0 Å². The van der Waals surface area contributed by atoms with E-state index in [1.165, 1.54) is 12.1 Å². The minimum absolute atomic E-state index is 0.0108. The predicted molar refractivity (Wildman–Crippen MR) is 102 cm³/mol. The lowest BCUT2D eigenvalue weighted by molar-refractivity contribution is 0.601. The van der Waals surface area contributed by atoms with Crippen LogP contribution in [-0.4, -0.2) is 21.5 Å². The summed E-state index contributed by atoms with van der Waals surface area (Å²) >= 11 is 17.7. The fourth-order valence-corrected chi connectivity index (χ4v) is 4.31. The van der Waals surface area contributed by atoms with Crippen molar-refractivity contribution in [3.05, 3.63) is 51.5 Å². The van der Waals surface area contributed by atoms with Gasteiger partial charge in [0.25, 0.3) is 10.0 Å². The molecule has 130 valence electrons. The zero-order valence-electron chi connectivity index (χ0n) is 13.2. The average Bonchev–Trinajstić information content (AvgIpc) is 2.53. The lowest BCUT2D eigenvalue weighted by Gasteiger charge is -2.21. The molecule has 2 aromatic rings. The van der Waals surface area contributed by atoms with Gasteiger partial charge in [-0.05, 0) is 50.2 Å². The van der Waals surface area contributed by atoms with E-state index in [2.05, 4.69) is 23.5 Å². The van der Waals surface area contributed by atoms with E-state index in [1.807, 2.05) is 12.1 Å². The van der Waals surface area contributed by atoms with Gasteiger partial charge in [0.05, 0.1) is 15.1 Å². The van der Waals surface area contributed by atoms with Crippen LogP contribution in [0.25, 0.3) is 0 Å². The first-order chi connectivity index (χ1) is 11.3. The predicted octanol–water partition coefficient (Wildman–Crippen LogP) is 5.29. The molecule has 24 heavy (non-hydrogen) atoms. The Morgan fingerprint density at radius 1 is 0.917 bits per heavy atom. The highest BCUT2D eigenvalue weighted by molar-refractivity contribution is 7.92. The summed E-state index contributed by atoms with van der Waals surface area (Å²) in [5.41, 5.74) is 1.46. The van der Waals surface area contributed by atoms with Crippen LogP contribution in [0.5, 0.6) is 0 Å². The largest absolute Gasteiger partial charge is 0.372 e. The first kappa shape index (κ1) is 19.2. The number of nitrogens with one attached hydrogen (secondary N) is 1. The smallest absolute Gasteiger partial charge is 0.263 e. The number of sulfonamides is 1. The number of benzene rings is 2. The lowest BCUT2D eigenvalue weighted by atomic mass is 10.2. The molecule has 0 heterocycles. The normalized spacial score (nSPS) is 11.4. The van der Waals surface area contributed by atoms with Crippen LogP contribution in [-0.2, 0) is 10.0 Å². The molecule has 0 amide bonds. The first-order valence-corrected chi connectivity index (χ1v) is 9.92. The Morgan fingerprint density at radius 2 is 1.46 bits per heavy atom. The Morgan fingerprint density at radius 3 is 2.00 bits per heavy atom. The molecule has 0 unspecified atom stereocenters. The van der Waals surface area contributed by atoms with E-state index in [0.717, 1.165) is 18.8 Å². The third-order valence-electron chi connectivity index (χ3n) is 3.51. The highest BCUT2D eigenvalue weighted by Gasteiger charge is 2.20. The number of nitrogens with zero attached hydrogens (tertiary/aromatic N) is 1. The van der Waals surface area contributed by atoms with Crippen LogP contribution >= 0.6 is 34.8 Å². The van der Waals surface area contributed by atoms with Gasteiger partial charge in [-0.3, -0.25) is 4.72 Å². The number of hydrogen-bond donors (Lipinski definition) is 1. The van der Waals surface area contributed by atoms with E-state index < -0.39 is 10.0 Å². The summed E-state index contributed by atoms with van der Waals surface area (Å²) in [6.07, 6.45) is 0. The van der Waals surface area contributed by atoms with Gasteiger partial charge in [0, 0.05) is 24.5 Å². The Balaban J connectivity index is 2.28. The topological polar surface area (TPSA) is 49.4 Å². The Bertz CT molecular complexity index is 820. The fraction of sp³-hybridized carbons (Fsp3) is 0.250. The molecule has 0 aromatic heterocycles. The molecule has 0 bridgehead atoms. The summed E-state index contributed by atoms with van der Waals surface area (Å²) < 4.78 is 27.5. The molecule has 2 rings (SSSR count). The Kier molecular flexibility index (Phi) is 6.26. The van der Waals surface area contributed by atoms with E-state index in [4.69, 9.17) is 34.8 Å². The van der Waals surface area contributed by atoms with Crippen molar-refractivity contribution in [1.82, 2.24) is 0 Å². The Hall–Kier alpha value is -1.14. The number of rotatable bonds is 6. The molecule has 0 spiro atoms. The van der Waals surface area contributed by atoms with E-state index in [9.17, 15) is 8.42 Å². The van der Waals surface area contributed by atoms with Gasteiger partial charge in [-0.25, -0.2) is 8.42 Å². The number of hydrogen-bond acceptors (Lipinski definition) is 3. The lowest BCUT2D eigenvalue weighted by Crippen LogP contribution is -2.21. The summed E-state index contributed by atoms with van der Waals surface area (Å²) in [5, 5.41) is 0.333. The van der Waals surface area contributed by atoms with Crippen LogP contribution in [0.2, 0.25) is 15.1 Å². The first-order valence-electron chi connectivity index (χ1n) is 7.30. The molecule has 0 aliphatic rings. The summed E-state index contributed by atoms with van der Waals surface area (Å²) in [4.78, 5) is 2.04. The summed E-state index contributed by atoms with van der Waals surface area (Å²) in [6, 6.07) is 9.68. The zero-order valence-corrected chi connectivity index (χ0v) is 16.3. The second-order valence-electron chi connectivity index (χ2n) is 5.02. The van der Waals surface area contributed by atoms with Gasteiger partial charge in [-0.2, -0.15) is 0 Å². The van der Waals surface area contributed by atoms with Gasteiger partial charge in [0.1, 0.15) is 4.90 Å². The quantitative estimate of drug-likeness (QED) is 0.662. The van der Waals surface area contributed by atoms with Crippen LogP contribution in [0.4, 0.5) is 11.4 Å². The van der Waals surface area contributed by atoms with Crippen molar-refractivity contribution in [3.63, 3.8) is 0 Å².